The Bertz CT molecular complexity index is 936. The molecule has 0 atom stereocenters. The van der Waals surface area contributed by atoms with Crippen molar-refractivity contribution in [3.8, 4) is 0 Å². The summed E-state index contributed by atoms with van der Waals surface area (Å²) in [6.07, 6.45) is 2.92. The van der Waals surface area contributed by atoms with E-state index in [0.717, 1.165) is 42.2 Å². The fourth-order valence-corrected chi connectivity index (χ4v) is 4.07. The Morgan fingerprint density at radius 1 is 1.15 bits per heavy atom. The smallest absolute Gasteiger partial charge is 0.275 e. The van der Waals surface area contributed by atoms with Gasteiger partial charge in [0, 0.05) is 36.3 Å². The molecule has 0 unspecified atom stereocenters. The normalized spacial score (nSPS) is 13.7. The van der Waals surface area contributed by atoms with Crippen molar-refractivity contribution in [2.45, 2.75) is 19.3 Å². The van der Waals surface area contributed by atoms with Crippen molar-refractivity contribution in [2.75, 3.05) is 23.3 Å². The van der Waals surface area contributed by atoms with Crippen LogP contribution >= 0.6 is 11.3 Å². The molecule has 0 bridgehead atoms. The summed E-state index contributed by atoms with van der Waals surface area (Å²) >= 11 is 1.46. The summed E-state index contributed by atoms with van der Waals surface area (Å²) in [7, 11) is 0. The van der Waals surface area contributed by atoms with Gasteiger partial charge in [-0.1, -0.05) is 30.3 Å². The number of nitrogens with one attached hydrogen (secondary N) is 1. The van der Waals surface area contributed by atoms with Crippen LogP contribution in [-0.4, -0.2) is 24.0 Å². The lowest BCUT2D eigenvalue weighted by atomic mass is 10.2. The van der Waals surface area contributed by atoms with Gasteiger partial charge in [-0.2, -0.15) is 0 Å². The molecule has 2 heterocycles. The van der Waals surface area contributed by atoms with E-state index < -0.39 is 0 Å². The maximum absolute atomic E-state index is 14.0. The zero-order valence-corrected chi connectivity index (χ0v) is 15.6. The Balaban J connectivity index is 1.46. The summed E-state index contributed by atoms with van der Waals surface area (Å²) in [4.78, 5) is 19.1. The molecule has 27 heavy (non-hydrogen) atoms. The molecule has 1 aliphatic rings. The molecule has 4 rings (SSSR count). The summed E-state index contributed by atoms with van der Waals surface area (Å²) in [6, 6.07) is 14.7. The molecule has 0 saturated carbocycles. The van der Waals surface area contributed by atoms with Crippen molar-refractivity contribution in [3.05, 3.63) is 76.0 Å². The van der Waals surface area contributed by atoms with Crippen LogP contribution in [0.4, 0.5) is 15.8 Å². The number of benzene rings is 2. The molecule has 1 N–H and O–H groups in total. The second-order valence-electron chi connectivity index (χ2n) is 6.64. The van der Waals surface area contributed by atoms with E-state index in [1.807, 2.05) is 36.4 Å². The summed E-state index contributed by atoms with van der Waals surface area (Å²) < 4.78 is 14.0. The molecule has 1 aliphatic heterocycles. The first-order valence-corrected chi connectivity index (χ1v) is 9.90. The molecule has 0 aliphatic carbocycles. The van der Waals surface area contributed by atoms with E-state index in [-0.39, 0.29) is 11.7 Å². The monoisotopic (exact) mass is 381 g/mol. The quantitative estimate of drug-likeness (QED) is 0.695. The fraction of sp³-hybridized carbons (Fsp3) is 0.238. The Morgan fingerprint density at radius 3 is 2.70 bits per heavy atom. The van der Waals surface area contributed by atoms with Crippen molar-refractivity contribution in [1.29, 1.82) is 0 Å². The lowest BCUT2D eigenvalue weighted by molar-refractivity contribution is 0.102. The molecule has 0 spiro atoms. The number of thiazole rings is 1. The number of hydrogen-bond acceptors (Lipinski definition) is 4. The number of amides is 1. The molecular formula is C21H20FN3OS. The standard InChI is InChI=1S/C21H20FN3OS/c22-16-11-17(13-18(12-16)25-8-4-5-9-25)23-21(26)19-14-27-20(24-19)10-15-6-2-1-3-7-15/h1-3,6-7,11-14H,4-5,8-10H2,(H,23,26). The van der Waals surface area contributed by atoms with Gasteiger partial charge in [0.1, 0.15) is 11.5 Å². The summed E-state index contributed by atoms with van der Waals surface area (Å²) in [5.74, 6) is -0.665. The van der Waals surface area contributed by atoms with E-state index in [4.69, 9.17) is 0 Å². The van der Waals surface area contributed by atoms with Crippen LogP contribution in [0, 0.1) is 5.82 Å². The number of carbonyl (C=O) groups is 1. The molecule has 6 heteroatoms. The number of rotatable bonds is 5. The van der Waals surface area contributed by atoms with Crippen molar-refractivity contribution in [2.24, 2.45) is 0 Å². The van der Waals surface area contributed by atoms with Crippen LogP contribution in [0.3, 0.4) is 0 Å². The van der Waals surface area contributed by atoms with Crippen molar-refractivity contribution in [1.82, 2.24) is 4.98 Å². The third kappa shape index (κ3) is 4.34. The predicted octanol–water partition coefficient (Wildman–Crippen LogP) is 4.73. The van der Waals surface area contributed by atoms with Gasteiger partial charge in [0.05, 0.1) is 5.01 Å². The number of anilines is 2. The van der Waals surface area contributed by atoms with E-state index in [1.54, 1.807) is 5.38 Å². The first-order valence-electron chi connectivity index (χ1n) is 9.02. The average Bonchev–Trinajstić information content (AvgIpc) is 3.34. The molecule has 1 aromatic heterocycles. The van der Waals surface area contributed by atoms with Gasteiger partial charge in [-0.05, 0) is 36.6 Å². The van der Waals surface area contributed by atoms with E-state index in [1.165, 1.54) is 23.5 Å². The Hall–Kier alpha value is -2.73. The average molecular weight is 381 g/mol. The molecule has 1 amide bonds. The van der Waals surface area contributed by atoms with Gasteiger partial charge in [-0.15, -0.1) is 11.3 Å². The highest BCUT2D eigenvalue weighted by Gasteiger charge is 2.16. The largest absolute Gasteiger partial charge is 0.371 e. The van der Waals surface area contributed by atoms with Crippen molar-refractivity contribution >= 4 is 28.6 Å². The van der Waals surface area contributed by atoms with Gasteiger partial charge in [0.2, 0.25) is 0 Å². The number of carbonyl (C=O) groups excluding carboxylic acids is 1. The minimum absolute atomic E-state index is 0.316. The summed E-state index contributed by atoms with van der Waals surface area (Å²) in [5, 5.41) is 5.40. The number of nitrogens with zero attached hydrogens (tertiary/aromatic N) is 2. The lowest BCUT2D eigenvalue weighted by Gasteiger charge is -2.18. The first-order chi connectivity index (χ1) is 13.2. The molecule has 138 valence electrons. The third-order valence-corrected chi connectivity index (χ3v) is 5.44. The second kappa shape index (κ2) is 7.88. The van der Waals surface area contributed by atoms with E-state index >= 15 is 0 Å². The van der Waals surface area contributed by atoms with Gasteiger partial charge in [0.15, 0.2) is 0 Å². The van der Waals surface area contributed by atoms with Crippen LogP contribution in [-0.2, 0) is 6.42 Å². The zero-order chi connectivity index (χ0) is 18.6. The van der Waals surface area contributed by atoms with E-state index in [0.29, 0.717) is 17.8 Å². The van der Waals surface area contributed by atoms with Crippen LogP contribution in [0.1, 0.15) is 33.9 Å². The van der Waals surface area contributed by atoms with Crippen LogP contribution in [0.2, 0.25) is 0 Å². The molecule has 3 aromatic rings. The van der Waals surface area contributed by atoms with Gasteiger partial charge >= 0.3 is 0 Å². The Labute approximate surface area is 161 Å². The summed E-state index contributed by atoms with van der Waals surface area (Å²) in [6.45, 7) is 1.84. The van der Waals surface area contributed by atoms with Crippen molar-refractivity contribution < 1.29 is 9.18 Å². The Morgan fingerprint density at radius 2 is 1.93 bits per heavy atom. The summed E-state index contributed by atoms with van der Waals surface area (Å²) in [5.41, 5.74) is 2.78. The van der Waals surface area contributed by atoms with E-state index in [9.17, 15) is 9.18 Å². The number of halogens is 1. The Kier molecular flexibility index (Phi) is 5.16. The van der Waals surface area contributed by atoms with Crippen molar-refractivity contribution in [3.63, 3.8) is 0 Å². The predicted molar refractivity (Wildman–Crippen MR) is 107 cm³/mol. The van der Waals surface area contributed by atoms with Gasteiger partial charge in [-0.25, -0.2) is 9.37 Å². The SMILES string of the molecule is O=C(Nc1cc(F)cc(N2CCCC2)c1)c1csc(Cc2ccccc2)n1. The van der Waals surface area contributed by atoms with Gasteiger partial charge in [0.25, 0.3) is 5.91 Å². The maximum atomic E-state index is 14.0. The highest BCUT2D eigenvalue weighted by molar-refractivity contribution is 7.09. The molecule has 1 fully saturated rings. The van der Waals surface area contributed by atoms with Crippen LogP contribution in [0.15, 0.2) is 53.9 Å². The third-order valence-electron chi connectivity index (χ3n) is 4.59. The second-order valence-corrected chi connectivity index (χ2v) is 7.58. The van der Waals surface area contributed by atoms with Crippen LogP contribution < -0.4 is 10.2 Å². The zero-order valence-electron chi connectivity index (χ0n) is 14.8. The highest BCUT2D eigenvalue weighted by atomic mass is 32.1. The van der Waals surface area contributed by atoms with E-state index in [2.05, 4.69) is 15.2 Å². The fourth-order valence-electron chi connectivity index (χ4n) is 3.27. The van der Waals surface area contributed by atoms with Gasteiger partial charge < -0.3 is 10.2 Å². The lowest BCUT2D eigenvalue weighted by Crippen LogP contribution is -2.18. The topological polar surface area (TPSA) is 45.2 Å². The molecule has 1 saturated heterocycles. The van der Waals surface area contributed by atoms with Crippen LogP contribution in [0.25, 0.3) is 0 Å². The maximum Gasteiger partial charge on any atom is 0.275 e. The van der Waals surface area contributed by atoms with Crippen LogP contribution in [0.5, 0.6) is 0 Å². The first kappa shape index (κ1) is 17.7. The minimum atomic E-state index is -0.349. The number of hydrogen-bond donors (Lipinski definition) is 1. The highest BCUT2D eigenvalue weighted by Crippen LogP contribution is 2.25. The number of aromatic nitrogens is 1. The molecule has 2 aromatic carbocycles. The molecule has 4 nitrogen and oxygen atoms in total. The molecule has 0 radical (unpaired) electrons. The minimum Gasteiger partial charge on any atom is -0.371 e. The van der Waals surface area contributed by atoms with Gasteiger partial charge in [-0.3, -0.25) is 4.79 Å². The molecular weight excluding hydrogens is 361 g/mol.